The Bertz CT molecular complexity index is 452. The second-order valence-corrected chi connectivity index (χ2v) is 2.35. The van der Waals surface area contributed by atoms with Gasteiger partial charge in [-0.25, -0.2) is 4.79 Å². The van der Waals surface area contributed by atoms with Crippen LogP contribution < -0.4 is 0 Å². The molecule has 0 aliphatic heterocycles. The van der Waals surface area contributed by atoms with E-state index in [2.05, 4.69) is 4.99 Å². The Morgan fingerprint density at radius 1 is 1.33 bits per heavy atom. The van der Waals surface area contributed by atoms with Gasteiger partial charge in [0.15, 0.2) is 0 Å². The molecule has 0 bridgehead atoms. The molecule has 12 heavy (non-hydrogen) atoms. The fourth-order valence-electron chi connectivity index (χ4n) is 1.08. The molecule has 0 saturated carbocycles. The van der Waals surface area contributed by atoms with E-state index < -0.39 is 0 Å². The summed E-state index contributed by atoms with van der Waals surface area (Å²) >= 11 is 0. The van der Waals surface area contributed by atoms with E-state index >= 15 is 0 Å². The maximum atomic E-state index is 9.93. The van der Waals surface area contributed by atoms with Crippen LogP contribution in [-0.2, 0) is 4.79 Å². The Morgan fingerprint density at radius 2 is 2.25 bits per heavy atom. The third-order valence-electron chi connectivity index (χ3n) is 1.61. The number of hydrogen-bond donors (Lipinski definition) is 0. The fraction of sp³-hybridized carbons (Fsp3) is 0. The maximum absolute atomic E-state index is 9.93. The van der Waals surface area contributed by atoms with Crippen LogP contribution in [0.25, 0.3) is 11.0 Å². The van der Waals surface area contributed by atoms with Crippen molar-refractivity contribution in [1.29, 1.82) is 0 Å². The topological polar surface area (TPSA) is 42.6 Å². The fourth-order valence-corrected chi connectivity index (χ4v) is 1.08. The van der Waals surface area contributed by atoms with Gasteiger partial charge in [-0.3, -0.25) is 0 Å². The molecule has 0 unspecified atom stereocenters. The first-order valence-corrected chi connectivity index (χ1v) is 3.45. The Labute approximate surface area is 68.3 Å². The van der Waals surface area contributed by atoms with Crippen LogP contribution in [0.2, 0.25) is 0 Å². The number of aliphatic imine (C=N–C) groups is 1. The van der Waals surface area contributed by atoms with Crippen molar-refractivity contribution in [3.8, 4) is 0 Å². The lowest BCUT2D eigenvalue weighted by Gasteiger charge is -1.88. The van der Waals surface area contributed by atoms with Gasteiger partial charge in [0, 0.05) is 5.39 Å². The van der Waals surface area contributed by atoms with Gasteiger partial charge in [0.2, 0.25) is 6.08 Å². The number of nitrogens with zero attached hydrogens (tertiary/aromatic N) is 1. The van der Waals surface area contributed by atoms with Gasteiger partial charge in [0.1, 0.15) is 5.58 Å². The third-order valence-corrected chi connectivity index (χ3v) is 1.61. The Kier molecular flexibility index (Phi) is 1.50. The first-order valence-electron chi connectivity index (χ1n) is 3.45. The van der Waals surface area contributed by atoms with E-state index in [1.807, 2.05) is 6.07 Å². The zero-order chi connectivity index (χ0) is 8.39. The number of carbonyl (C=O) groups excluding carboxylic acids is 1. The monoisotopic (exact) mass is 159 g/mol. The zero-order valence-electron chi connectivity index (χ0n) is 6.15. The van der Waals surface area contributed by atoms with Gasteiger partial charge in [0.05, 0.1) is 12.0 Å². The summed E-state index contributed by atoms with van der Waals surface area (Å²) in [7, 11) is 0. The number of isocyanates is 1. The van der Waals surface area contributed by atoms with E-state index in [0.29, 0.717) is 5.69 Å². The number of furan rings is 1. The van der Waals surface area contributed by atoms with E-state index in [9.17, 15) is 4.79 Å². The van der Waals surface area contributed by atoms with Crippen molar-refractivity contribution in [2.75, 3.05) is 0 Å². The van der Waals surface area contributed by atoms with Gasteiger partial charge in [-0.05, 0) is 24.3 Å². The molecule has 58 valence electrons. The molecule has 0 aliphatic rings. The van der Waals surface area contributed by atoms with Gasteiger partial charge >= 0.3 is 0 Å². The number of rotatable bonds is 1. The third kappa shape index (κ3) is 1.02. The molecule has 2 rings (SSSR count). The molecule has 0 N–H and O–H groups in total. The van der Waals surface area contributed by atoms with Crippen molar-refractivity contribution in [3.05, 3.63) is 30.5 Å². The molecule has 0 fully saturated rings. The SMILES string of the molecule is O=C=Nc1ccc2occc2c1. The van der Waals surface area contributed by atoms with Gasteiger partial charge in [0.25, 0.3) is 0 Å². The van der Waals surface area contributed by atoms with Crippen molar-refractivity contribution in [1.82, 2.24) is 0 Å². The highest BCUT2D eigenvalue weighted by atomic mass is 16.3. The van der Waals surface area contributed by atoms with Gasteiger partial charge in [-0.15, -0.1) is 0 Å². The minimum atomic E-state index is 0.596. The molecule has 0 saturated heterocycles. The predicted molar refractivity (Wildman–Crippen MR) is 44.0 cm³/mol. The van der Waals surface area contributed by atoms with Crippen LogP contribution in [0.3, 0.4) is 0 Å². The van der Waals surface area contributed by atoms with E-state index in [1.165, 1.54) is 6.08 Å². The lowest BCUT2D eigenvalue weighted by molar-refractivity contribution is 0.565. The molecule has 0 radical (unpaired) electrons. The predicted octanol–water partition coefficient (Wildman–Crippen LogP) is 2.40. The highest BCUT2D eigenvalue weighted by molar-refractivity contribution is 5.80. The first-order chi connectivity index (χ1) is 5.90. The molecule has 1 aromatic heterocycles. The standard InChI is InChI=1S/C9H5NO2/c11-6-10-8-1-2-9-7(5-8)3-4-12-9/h1-5H. The highest BCUT2D eigenvalue weighted by Crippen LogP contribution is 2.21. The first kappa shape index (κ1) is 6.83. The summed E-state index contributed by atoms with van der Waals surface area (Å²) in [5, 5.41) is 0.937. The van der Waals surface area contributed by atoms with E-state index in [-0.39, 0.29) is 0 Å². The molecule has 1 heterocycles. The highest BCUT2D eigenvalue weighted by Gasteiger charge is 1.96. The van der Waals surface area contributed by atoms with Crippen LogP contribution in [-0.4, -0.2) is 6.08 Å². The largest absolute Gasteiger partial charge is 0.464 e. The van der Waals surface area contributed by atoms with E-state index in [0.717, 1.165) is 11.0 Å². The molecule has 0 spiro atoms. The molecule has 0 aliphatic carbocycles. The lowest BCUT2D eigenvalue weighted by atomic mass is 10.2. The molecule has 2 aromatic rings. The molecule has 3 heteroatoms. The number of hydrogen-bond acceptors (Lipinski definition) is 3. The van der Waals surface area contributed by atoms with Crippen molar-refractivity contribution >= 4 is 22.7 Å². The van der Waals surface area contributed by atoms with Crippen LogP contribution >= 0.6 is 0 Å². The van der Waals surface area contributed by atoms with Gasteiger partial charge in [-0.2, -0.15) is 4.99 Å². The minimum absolute atomic E-state index is 0.596. The molecular weight excluding hydrogens is 154 g/mol. The van der Waals surface area contributed by atoms with Crippen molar-refractivity contribution < 1.29 is 9.21 Å². The summed E-state index contributed by atoms with van der Waals surface area (Å²) in [6.07, 6.45) is 3.08. The van der Waals surface area contributed by atoms with Crippen molar-refractivity contribution in [3.63, 3.8) is 0 Å². The van der Waals surface area contributed by atoms with Crippen molar-refractivity contribution in [2.24, 2.45) is 4.99 Å². The smallest absolute Gasteiger partial charge is 0.240 e. The minimum Gasteiger partial charge on any atom is -0.464 e. The van der Waals surface area contributed by atoms with E-state index in [1.54, 1.807) is 24.5 Å². The second-order valence-electron chi connectivity index (χ2n) is 2.35. The molecule has 3 nitrogen and oxygen atoms in total. The summed E-state index contributed by atoms with van der Waals surface area (Å²) in [4.78, 5) is 13.4. The van der Waals surface area contributed by atoms with Crippen LogP contribution in [0, 0.1) is 0 Å². The molecular formula is C9H5NO2. The summed E-state index contributed by atoms with van der Waals surface area (Å²) in [5.74, 6) is 0. The second kappa shape index (κ2) is 2.64. The van der Waals surface area contributed by atoms with Crippen LogP contribution in [0.4, 0.5) is 5.69 Å². The molecule has 0 amide bonds. The van der Waals surface area contributed by atoms with Crippen LogP contribution in [0.1, 0.15) is 0 Å². The van der Waals surface area contributed by atoms with Crippen molar-refractivity contribution in [2.45, 2.75) is 0 Å². The molecule has 1 aromatic carbocycles. The molecule has 0 atom stereocenters. The number of fused-ring (bicyclic) bond motifs is 1. The Balaban J connectivity index is 2.67. The summed E-state index contributed by atoms with van der Waals surface area (Å²) in [6, 6.07) is 7.06. The Hall–Kier alpha value is -1.86. The average molecular weight is 159 g/mol. The maximum Gasteiger partial charge on any atom is 0.240 e. The summed E-state index contributed by atoms with van der Waals surface area (Å²) in [5.41, 5.74) is 1.39. The quantitative estimate of drug-likeness (QED) is 0.473. The number of benzene rings is 1. The average Bonchev–Trinajstić information content (AvgIpc) is 2.51. The van der Waals surface area contributed by atoms with Crippen LogP contribution in [0.15, 0.2) is 39.9 Å². The normalized spacial score (nSPS) is 9.67. The zero-order valence-corrected chi connectivity index (χ0v) is 6.15. The van der Waals surface area contributed by atoms with Gasteiger partial charge in [-0.1, -0.05) is 0 Å². The van der Waals surface area contributed by atoms with Gasteiger partial charge < -0.3 is 4.42 Å². The summed E-state index contributed by atoms with van der Waals surface area (Å²) in [6.45, 7) is 0. The Morgan fingerprint density at radius 3 is 3.08 bits per heavy atom. The van der Waals surface area contributed by atoms with Crippen LogP contribution in [0.5, 0.6) is 0 Å². The van der Waals surface area contributed by atoms with E-state index in [4.69, 9.17) is 4.42 Å². The lowest BCUT2D eigenvalue weighted by Crippen LogP contribution is -1.64. The summed E-state index contributed by atoms with van der Waals surface area (Å²) < 4.78 is 5.11.